The second kappa shape index (κ2) is 10.6. The van der Waals surface area contributed by atoms with E-state index in [1.165, 1.54) is 5.56 Å². The first kappa shape index (κ1) is 21.5. The third-order valence-electron chi connectivity index (χ3n) is 6.27. The summed E-state index contributed by atoms with van der Waals surface area (Å²) in [5, 5.41) is 5.33. The summed E-state index contributed by atoms with van der Waals surface area (Å²) in [7, 11) is 0. The molecule has 1 aliphatic rings. The van der Waals surface area contributed by atoms with Crippen LogP contribution < -0.4 is 5.32 Å². The fourth-order valence-electron chi connectivity index (χ4n) is 4.37. The summed E-state index contributed by atoms with van der Waals surface area (Å²) in [6.07, 6.45) is 3.25. The van der Waals surface area contributed by atoms with Crippen molar-refractivity contribution in [1.82, 2.24) is 10.2 Å². The number of hydrogen-bond donors (Lipinski definition) is 1. The van der Waals surface area contributed by atoms with E-state index >= 15 is 0 Å². The zero-order chi connectivity index (χ0) is 21.5. The van der Waals surface area contributed by atoms with E-state index in [0.717, 1.165) is 55.3 Å². The smallest absolute Gasteiger partial charge is 0.251 e. The SMILES string of the molecule is CC1C(Cc2ccccc2)OCCN1CCCCNC(=O)c1ccc2ccccc2c1. The van der Waals surface area contributed by atoms with Gasteiger partial charge in [0.1, 0.15) is 0 Å². The maximum Gasteiger partial charge on any atom is 0.251 e. The third-order valence-corrected chi connectivity index (χ3v) is 6.27. The van der Waals surface area contributed by atoms with Gasteiger partial charge in [0.15, 0.2) is 0 Å². The van der Waals surface area contributed by atoms with Gasteiger partial charge in [0.25, 0.3) is 5.91 Å². The van der Waals surface area contributed by atoms with Gasteiger partial charge in [-0.1, -0.05) is 60.7 Å². The van der Waals surface area contributed by atoms with Crippen LogP contribution in [0.5, 0.6) is 0 Å². The van der Waals surface area contributed by atoms with Crippen LogP contribution in [0, 0.1) is 0 Å². The number of ether oxygens (including phenoxy) is 1. The molecule has 3 aromatic carbocycles. The van der Waals surface area contributed by atoms with E-state index in [1.807, 2.05) is 36.4 Å². The van der Waals surface area contributed by atoms with Crippen molar-refractivity contribution in [3.63, 3.8) is 0 Å². The number of carbonyl (C=O) groups excluding carboxylic acids is 1. The predicted octanol–water partition coefficient (Wildman–Crippen LogP) is 4.68. The van der Waals surface area contributed by atoms with Gasteiger partial charge >= 0.3 is 0 Å². The Labute approximate surface area is 185 Å². The molecule has 0 bridgehead atoms. The van der Waals surface area contributed by atoms with E-state index in [0.29, 0.717) is 12.6 Å². The molecule has 162 valence electrons. The first-order chi connectivity index (χ1) is 15.2. The Morgan fingerprint density at radius 3 is 2.61 bits per heavy atom. The van der Waals surface area contributed by atoms with Crippen LogP contribution in [0.2, 0.25) is 0 Å². The molecular weight excluding hydrogens is 384 g/mol. The maximum absolute atomic E-state index is 12.5. The number of nitrogens with zero attached hydrogens (tertiary/aromatic N) is 1. The largest absolute Gasteiger partial charge is 0.375 e. The van der Waals surface area contributed by atoms with Crippen LogP contribution in [-0.2, 0) is 11.2 Å². The second-order valence-electron chi connectivity index (χ2n) is 8.40. The Kier molecular flexibility index (Phi) is 7.34. The van der Waals surface area contributed by atoms with Gasteiger partial charge in [0, 0.05) is 31.1 Å². The van der Waals surface area contributed by atoms with Gasteiger partial charge in [-0.15, -0.1) is 0 Å². The number of morpholine rings is 1. The van der Waals surface area contributed by atoms with Gasteiger partial charge in [-0.3, -0.25) is 9.69 Å². The molecule has 0 radical (unpaired) electrons. The summed E-state index contributed by atoms with van der Waals surface area (Å²) in [6.45, 7) is 5.80. The Hall–Kier alpha value is -2.69. The highest BCUT2D eigenvalue weighted by molar-refractivity contribution is 5.98. The summed E-state index contributed by atoms with van der Waals surface area (Å²) in [5.41, 5.74) is 2.06. The molecule has 2 atom stereocenters. The van der Waals surface area contributed by atoms with Crippen LogP contribution >= 0.6 is 0 Å². The average molecular weight is 417 g/mol. The van der Waals surface area contributed by atoms with Gasteiger partial charge in [-0.05, 0) is 54.8 Å². The summed E-state index contributed by atoms with van der Waals surface area (Å²) in [6, 6.07) is 25.0. The summed E-state index contributed by atoms with van der Waals surface area (Å²) < 4.78 is 6.06. The van der Waals surface area contributed by atoms with Crippen molar-refractivity contribution in [2.45, 2.75) is 38.3 Å². The van der Waals surface area contributed by atoms with Gasteiger partial charge < -0.3 is 10.1 Å². The van der Waals surface area contributed by atoms with Crippen LogP contribution in [0.1, 0.15) is 35.7 Å². The number of fused-ring (bicyclic) bond motifs is 1. The lowest BCUT2D eigenvalue weighted by Crippen LogP contribution is -2.50. The van der Waals surface area contributed by atoms with Crippen molar-refractivity contribution in [2.75, 3.05) is 26.2 Å². The summed E-state index contributed by atoms with van der Waals surface area (Å²) in [4.78, 5) is 15.0. The Bertz CT molecular complexity index is 989. The Balaban J connectivity index is 1.19. The zero-order valence-corrected chi connectivity index (χ0v) is 18.3. The lowest BCUT2D eigenvalue weighted by atomic mass is 10.0. The highest BCUT2D eigenvalue weighted by Gasteiger charge is 2.28. The molecule has 1 amide bonds. The standard InChI is InChI=1S/C27H32N2O2/c1-21-26(19-22-9-3-2-4-10-22)31-18-17-29(21)16-8-7-15-28-27(30)25-14-13-23-11-5-6-12-24(23)20-25/h2-6,9-14,20-21,26H,7-8,15-19H2,1H3,(H,28,30). The summed E-state index contributed by atoms with van der Waals surface area (Å²) in [5.74, 6) is 0.00780. The Morgan fingerprint density at radius 1 is 1.00 bits per heavy atom. The number of rotatable bonds is 8. The first-order valence-corrected chi connectivity index (χ1v) is 11.4. The maximum atomic E-state index is 12.5. The molecule has 0 spiro atoms. The topological polar surface area (TPSA) is 41.6 Å². The quantitative estimate of drug-likeness (QED) is 0.542. The van der Waals surface area contributed by atoms with E-state index < -0.39 is 0 Å². The van der Waals surface area contributed by atoms with Crippen LogP contribution in [0.25, 0.3) is 10.8 Å². The van der Waals surface area contributed by atoms with Crippen molar-refractivity contribution in [3.8, 4) is 0 Å². The predicted molar refractivity (Wildman–Crippen MR) is 126 cm³/mol. The normalized spacial score (nSPS) is 19.4. The highest BCUT2D eigenvalue weighted by atomic mass is 16.5. The van der Waals surface area contributed by atoms with Crippen molar-refractivity contribution in [3.05, 3.63) is 83.9 Å². The number of benzene rings is 3. The lowest BCUT2D eigenvalue weighted by Gasteiger charge is -2.39. The minimum Gasteiger partial charge on any atom is -0.375 e. The van der Waals surface area contributed by atoms with Crippen molar-refractivity contribution in [1.29, 1.82) is 0 Å². The number of unbranched alkanes of at least 4 members (excludes halogenated alkanes) is 1. The van der Waals surface area contributed by atoms with Crippen molar-refractivity contribution in [2.24, 2.45) is 0 Å². The van der Waals surface area contributed by atoms with Gasteiger partial charge in [0.05, 0.1) is 12.7 Å². The first-order valence-electron chi connectivity index (χ1n) is 11.4. The molecule has 1 saturated heterocycles. The fourth-order valence-corrected chi connectivity index (χ4v) is 4.37. The third kappa shape index (κ3) is 5.72. The molecule has 4 rings (SSSR count). The average Bonchev–Trinajstić information content (AvgIpc) is 2.81. The number of nitrogens with one attached hydrogen (secondary N) is 1. The zero-order valence-electron chi connectivity index (χ0n) is 18.3. The fraction of sp³-hybridized carbons (Fsp3) is 0.370. The van der Waals surface area contributed by atoms with Gasteiger partial charge in [-0.2, -0.15) is 0 Å². The molecule has 0 saturated carbocycles. The highest BCUT2D eigenvalue weighted by Crippen LogP contribution is 2.19. The monoisotopic (exact) mass is 416 g/mol. The van der Waals surface area contributed by atoms with Crippen LogP contribution in [0.3, 0.4) is 0 Å². The van der Waals surface area contributed by atoms with E-state index in [-0.39, 0.29) is 12.0 Å². The summed E-state index contributed by atoms with van der Waals surface area (Å²) >= 11 is 0. The van der Waals surface area contributed by atoms with Gasteiger partial charge in [0.2, 0.25) is 0 Å². The van der Waals surface area contributed by atoms with Crippen LogP contribution in [-0.4, -0.2) is 49.2 Å². The minimum absolute atomic E-state index is 0.00780. The number of amides is 1. The molecule has 1 fully saturated rings. The lowest BCUT2D eigenvalue weighted by molar-refractivity contribution is -0.0642. The second-order valence-corrected chi connectivity index (χ2v) is 8.40. The van der Waals surface area contributed by atoms with E-state index in [4.69, 9.17) is 4.74 Å². The Morgan fingerprint density at radius 2 is 1.77 bits per heavy atom. The molecule has 4 nitrogen and oxygen atoms in total. The van der Waals surface area contributed by atoms with E-state index in [2.05, 4.69) is 53.5 Å². The number of carbonyl (C=O) groups is 1. The van der Waals surface area contributed by atoms with Crippen LogP contribution in [0.15, 0.2) is 72.8 Å². The van der Waals surface area contributed by atoms with E-state index in [9.17, 15) is 4.79 Å². The molecule has 3 aromatic rings. The molecule has 4 heteroatoms. The molecule has 1 N–H and O–H groups in total. The minimum atomic E-state index is 0.00780. The molecular formula is C27H32N2O2. The van der Waals surface area contributed by atoms with Crippen LogP contribution in [0.4, 0.5) is 0 Å². The molecule has 31 heavy (non-hydrogen) atoms. The molecule has 1 heterocycles. The molecule has 0 aromatic heterocycles. The van der Waals surface area contributed by atoms with Gasteiger partial charge in [-0.25, -0.2) is 0 Å². The molecule has 2 unspecified atom stereocenters. The van der Waals surface area contributed by atoms with Crippen molar-refractivity contribution < 1.29 is 9.53 Å². The number of hydrogen-bond acceptors (Lipinski definition) is 3. The van der Waals surface area contributed by atoms with E-state index in [1.54, 1.807) is 0 Å². The molecule has 1 aliphatic heterocycles. The van der Waals surface area contributed by atoms with Crippen molar-refractivity contribution >= 4 is 16.7 Å². The molecule has 0 aliphatic carbocycles.